The van der Waals surface area contributed by atoms with Gasteiger partial charge in [-0.25, -0.2) is 9.67 Å². The van der Waals surface area contributed by atoms with Crippen molar-refractivity contribution < 1.29 is 14.3 Å². The molecule has 6 rings (SSSR count). The van der Waals surface area contributed by atoms with Crippen LogP contribution >= 0.6 is 22.9 Å². The third kappa shape index (κ3) is 4.37. The summed E-state index contributed by atoms with van der Waals surface area (Å²) in [5.41, 5.74) is 3.61. The summed E-state index contributed by atoms with van der Waals surface area (Å²) in [5, 5.41) is 7.16. The van der Waals surface area contributed by atoms with E-state index in [-0.39, 0.29) is 17.9 Å². The van der Waals surface area contributed by atoms with Crippen LogP contribution in [0.5, 0.6) is 0 Å². The fourth-order valence-corrected chi connectivity index (χ4v) is 6.25. The van der Waals surface area contributed by atoms with Crippen LogP contribution in [0.4, 0.5) is 0 Å². The van der Waals surface area contributed by atoms with Gasteiger partial charge in [-0.1, -0.05) is 17.7 Å². The highest BCUT2D eigenvalue weighted by atomic mass is 35.5. The molecule has 9 nitrogen and oxygen atoms in total. The van der Waals surface area contributed by atoms with Crippen molar-refractivity contribution in [2.75, 3.05) is 26.3 Å². The summed E-state index contributed by atoms with van der Waals surface area (Å²) in [6, 6.07) is 9.26. The number of fused-ring (bicyclic) bond motifs is 1. The second-order valence-corrected chi connectivity index (χ2v) is 10.7. The molecular weight excluding hydrogens is 514 g/mol. The van der Waals surface area contributed by atoms with Gasteiger partial charge >= 0.3 is 0 Å². The lowest BCUT2D eigenvalue weighted by Crippen LogP contribution is -2.47. The third-order valence-corrected chi connectivity index (χ3v) is 8.15. The van der Waals surface area contributed by atoms with E-state index in [0.717, 1.165) is 11.4 Å². The highest BCUT2D eigenvalue weighted by Gasteiger charge is 2.40. The summed E-state index contributed by atoms with van der Waals surface area (Å²) in [4.78, 5) is 34.0. The van der Waals surface area contributed by atoms with Crippen LogP contribution in [0, 0.1) is 13.8 Å². The first-order chi connectivity index (χ1) is 17.8. The number of carbonyl (C=O) groups is 1. The van der Waals surface area contributed by atoms with Crippen molar-refractivity contribution in [1.82, 2.24) is 24.1 Å². The zero-order chi connectivity index (χ0) is 25.7. The fraction of sp³-hybridized carbons (Fsp3) is 0.385. The number of benzene rings is 1. The zero-order valence-electron chi connectivity index (χ0n) is 20.6. The van der Waals surface area contributed by atoms with E-state index in [1.54, 1.807) is 15.1 Å². The molecule has 0 radical (unpaired) electrons. The molecule has 0 bridgehead atoms. The summed E-state index contributed by atoms with van der Waals surface area (Å²) >= 11 is 7.53. The number of rotatable bonds is 4. The third-order valence-electron chi connectivity index (χ3n) is 7.04. The molecule has 11 heteroatoms. The van der Waals surface area contributed by atoms with Crippen LogP contribution in [0.2, 0.25) is 5.02 Å². The van der Waals surface area contributed by atoms with Crippen LogP contribution in [0.25, 0.3) is 21.9 Å². The van der Waals surface area contributed by atoms with E-state index < -0.39 is 5.79 Å². The topological polar surface area (TPSA) is 91.0 Å². The molecule has 0 atom stereocenters. The Morgan fingerprint density at radius 3 is 2.65 bits per heavy atom. The van der Waals surface area contributed by atoms with Crippen LogP contribution in [0.3, 0.4) is 0 Å². The largest absolute Gasteiger partial charge is 0.347 e. The first-order valence-corrected chi connectivity index (χ1v) is 13.5. The van der Waals surface area contributed by atoms with Crippen molar-refractivity contribution in [2.45, 2.75) is 38.9 Å². The van der Waals surface area contributed by atoms with E-state index in [4.69, 9.17) is 26.2 Å². The molecule has 3 aromatic heterocycles. The first-order valence-electron chi connectivity index (χ1n) is 12.2. The minimum Gasteiger partial charge on any atom is -0.347 e. The Hall–Kier alpha value is -3.05. The lowest BCUT2D eigenvalue weighted by Gasteiger charge is -2.37. The molecule has 2 saturated heterocycles. The SMILES string of the molecule is Cc1nc2scc(CC(=O)N3CCC4(CC3)OCCO4)n2c(=O)c1-c1cc(C)n(-c2cccc(Cl)c2)n1. The van der Waals surface area contributed by atoms with Gasteiger partial charge in [0.1, 0.15) is 5.69 Å². The van der Waals surface area contributed by atoms with Crippen molar-refractivity contribution >= 4 is 33.8 Å². The monoisotopic (exact) mass is 539 g/mol. The molecule has 2 aliphatic rings. The number of hydrogen-bond acceptors (Lipinski definition) is 7. The molecule has 2 fully saturated rings. The summed E-state index contributed by atoms with van der Waals surface area (Å²) in [6.07, 6.45) is 1.43. The number of amides is 1. The van der Waals surface area contributed by atoms with Crippen molar-refractivity contribution in [2.24, 2.45) is 0 Å². The molecule has 0 saturated carbocycles. The molecule has 1 aromatic carbocycles. The Morgan fingerprint density at radius 1 is 1.16 bits per heavy atom. The van der Waals surface area contributed by atoms with Gasteiger partial charge in [0, 0.05) is 47.7 Å². The number of thiazole rings is 1. The lowest BCUT2D eigenvalue weighted by atomic mass is 10.0. The molecule has 0 N–H and O–H groups in total. The van der Waals surface area contributed by atoms with Crippen LogP contribution in [-0.2, 0) is 20.7 Å². The number of likely N-dealkylation sites (tertiary alicyclic amines) is 1. The van der Waals surface area contributed by atoms with Crippen molar-refractivity contribution in [3.63, 3.8) is 0 Å². The van der Waals surface area contributed by atoms with Crippen molar-refractivity contribution in [3.8, 4) is 16.9 Å². The van der Waals surface area contributed by atoms with Crippen LogP contribution in [0.1, 0.15) is 29.9 Å². The Balaban J connectivity index is 1.30. The number of hydrogen-bond donors (Lipinski definition) is 0. The highest BCUT2D eigenvalue weighted by molar-refractivity contribution is 7.15. The predicted octanol–water partition coefficient (Wildman–Crippen LogP) is 3.79. The lowest BCUT2D eigenvalue weighted by molar-refractivity contribution is -0.187. The first kappa shape index (κ1) is 24.3. The number of halogens is 1. The maximum Gasteiger partial charge on any atom is 0.268 e. The maximum atomic E-state index is 13.8. The van der Waals surface area contributed by atoms with E-state index in [1.807, 2.05) is 48.4 Å². The number of ether oxygens (including phenoxy) is 2. The predicted molar refractivity (Wildman–Crippen MR) is 141 cm³/mol. The average Bonchev–Trinajstić information content (AvgIpc) is 3.59. The van der Waals surface area contributed by atoms with Gasteiger partial charge < -0.3 is 14.4 Å². The van der Waals surface area contributed by atoms with Gasteiger partial charge in [-0.2, -0.15) is 5.10 Å². The van der Waals surface area contributed by atoms with Gasteiger partial charge in [-0.3, -0.25) is 14.0 Å². The summed E-state index contributed by atoms with van der Waals surface area (Å²) in [5.74, 6) is -0.561. The summed E-state index contributed by atoms with van der Waals surface area (Å²) in [7, 11) is 0. The van der Waals surface area contributed by atoms with Gasteiger partial charge in [0.25, 0.3) is 5.56 Å². The minimum atomic E-state index is -0.536. The molecule has 2 aliphatic heterocycles. The number of aromatic nitrogens is 4. The second-order valence-electron chi connectivity index (χ2n) is 9.45. The Morgan fingerprint density at radius 2 is 1.92 bits per heavy atom. The summed E-state index contributed by atoms with van der Waals surface area (Å²) in [6.45, 7) is 6.07. The molecule has 4 aromatic rings. The fourth-order valence-electron chi connectivity index (χ4n) is 5.14. The van der Waals surface area contributed by atoms with Gasteiger partial charge in [0.15, 0.2) is 10.7 Å². The molecule has 5 heterocycles. The van der Waals surface area contributed by atoms with Crippen molar-refractivity contribution in [1.29, 1.82) is 0 Å². The number of piperidine rings is 1. The standard InChI is InChI=1S/C26H26ClN5O4S/c1-16-12-21(29-32(16)19-5-3-4-18(27)13-19)23-17(2)28-25-31(24(23)34)20(15-37-25)14-22(33)30-8-6-26(7-9-30)35-10-11-36-26/h3-5,12-13,15H,6-11,14H2,1-2H3. The molecule has 0 unspecified atom stereocenters. The normalized spacial score (nSPS) is 17.2. The van der Waals surface area contributed by atoms with E-state index >= 15 is 0 Å². The Bertz CT molecular complexity index is 1560. The van der Waals surface area contributed by atoms with E-state index in [9.17, 15) is 9.59 Å². The maximum absolute atomic E-state index is 13.8. The smallest absolute Gasteiger partial charge is 0.268 e. The van der Waals surface area contributed by atoms with Crippen LogP contribution in [-0.4, -0.2) is 62.1 Å². The van der Waals surface area contributed by atoms with Crippen LogP contribution < -0.4 is 5.56 Å². The molecule has 1 amide bonds. The molecule has 0 aliphatic carbocycles. The van der Waals surface area contributed by atoms with Gasteiger partial charge in [-0.05, 0) is 38.1 Å². The van der Waals surface area contributed by atoms with Gasteiger partial charge in [0.2, 0.25) is 5.91 Å². The Labute approximate surface area is 222 Å². The van der Waals surface area contributed by atoms with Gasteiger partial charge in [-0.15, -0.1) is 11.3 Å². The van der Waals surface area contributed by atoms with Gasteiger partial charge in [0.05, 0.1) is 36.6 Å². The van der Waals surface area contributed by atoms with E-state index in [0.29, 0.717) is 71.8 Å². The minimum absolute atomic E-state index is 0.0253. The van der Waals surface area contributed by atoms with E-state index in [2.05, 4.69) is 4.98 Å². The van der Waals surface area contributed by atoms with Crippen molar-refractivity contribution in [3.05, 3.63) is 68.2 Å². The second kappa shape index (κ2) is 9.36. The number of carbonyl (C=O) groups excluding carboxylic acids is 1. The number of aryl methyl sites for hydroxylation is 2. The molecule has 37 heavy (non-hydrogen) atoms. The molecular formula is C26H26ClN5O4S. The highest BCUT2D eigenvalue weighted by Crippen LogP contribution is 2.31. The van der Waals surface area contributed by atoms with E-state index in [1.165, 1.54) is 11.3 Å². The quantitative estimate of drug-likeness (QED) is 0.392. The Kier molecular flexibility index (Phi) is 6.15. The molecule has 1 spiro atoms. The number of nitrogens with zero attached hydrogens (tertiary/aromatic N) is 5. The summed E-state index contributed by atoms with van der Waals surface area (Å²) < 4.78 is 14.9. The van der Waals surface area contributed by atoms with Crippen LogP contribution in [0.15, 0.2) is 40.5 Å². The average molecular weight is 540 g/mol. The molecule has 192 valence electrons. The zero-order valence-corrected chi connectivity index (χ0v) is 22.1.